The van der Waals surface area contributed by atoms with Crippen LogP contribution in [0.5, 0.6) is 0 Å². The Hall–Kier alpha value is -0.613. The minimum Gasteiger partial charge on any atom is -0.463 e. The monoisotopic (exact) mass is 203 g/mol. The molecule has 0 aliphatic rings. The smallest absolute Gasteiger partial charge is 0.330 e. The van der Waals surface area contributed by atoms with Gasteiger partial charge in [-0.25, -0.2) is 9.90 Å². The fourth-order valence-corrected chi connectivity index (χ4v) is 0.695. The molecular weight excluding hydrogens is 184 g/mol. The highest BCUT2D eigenvalue weighted by molar-refractivity contribution is 6.08. The molecule has 0 atom stereocenters. The molecule has 0 heterocycles. The second kappa shape index (κ2) is 13.9. The van der Waals surface area contributed by atoms with Gasteiger partial charge in [0.25, 0.3) is 0 Å². The van der Waals surface area contributed by atoms with Crippen LogP contribution in [0.15, 0.2) is 12.7 Å². The summed E-state index contributed by atoms with van der Waals surface area (Å²) in [6, 6.07) is 1.17. The molecule has 77 valence electrons. The molecule has 13 heavy (non-hydrogen) atoms. The molecule has 4 heteroatoms. The molecule has 0 bridgehead atoms. The molecule has 0 amide bonds. The first-order chi connectivity index (χ1) is 6.22. The van der Waals surface area contributed by atoms with Crippen molar-refractivity contribution in [2.45, 2.75) is 25.8 Å². The van der Waals surface area contributed by atoms with Gasteiger partial charge in [-0.15, -0.1) is 0 Å². The van der Waals surface area contributed by atoms with E-state index >= 15 is 0 Å². The summed E-state index contributed by atoms with van der Waals surface area (Å²) >= 11 is 0. The number of carbonyl (C=O) groups is 1. The molecule has 3 nitrogen and oxygen atoms in total. The van der Waals surface area contributed by atoms with Crippen molar-refractivity contribution in [3.05, 3.63) is 12.7 Å². The normalized spacial score (nSPS) is 8.46. The van der Waals surface area contributed by atoms with Crippen LogP contribution >= 0.6 is 0 Å². The van der Waals surface area contributed by atoms with Crippen LogP contribution in [-0.4, -0.2) is 29.4 Å². The van der Waals surface area contributed by atoms with Crippen LogP contribution in [0.1, 0.15) is 19.8 Å². The largest absolute Gasteiger partial charge is 0.463 e. The average Bonchev–Trinajstić information content (AvgIpc) is 2.16. The highest BCUT2D eigenvalue weighted by atomic mass is 28.1. The molecule has 0 saturated heterocycles. The van der Waals surface area contributed by atoms with Crippen molar-refractivity contribution in [1.29, 1.82) is 0 Å². The number of hydrogen-bond donors (Lipinski definition) is 0. The lowest BCUT2D eigenvalue weighted by molar-refractivity contribution is -0.137. The number of hydrogen-bond acceptors (Lipinski definition) is 2. The molecule has 1 radical (unpaired) electrons. The second-order valence-electron chi connectivity index (χ2n) is 2.43. The van der Waals surface area contributed by atoms with Gasteiger partial charge in [0, 0.05) is 16.3 Å². The number of carbonyl (C=O) groups excluding carboxylic acids is 1. The second-order valence-corrected chi connectivity index (χ2v) is 3.43. The summed E-state index contributed by atoms with van der Waals surface area (Å²) in [7, 11) is 1.20. The van der Waals surface area contributed by atoms with Crippen LogP contribution in [0.25, 0.3) is 0 Å². The Morgan fingerprint density at radius 1 is 1.62 bits per heavy atom. The van der Waals surface area contributed by atoms with Crippen molar-refractivity contribution in [2.75, 3.05) is 13.2 Å². The zero-order valence-corrected chi connectivity index (χ0v) is 10.5. The van der Waals surface area contributed by atoms with E-state index in [2.05, 4.69) is 11.3 Å². The minimum atomic E-state index is -0.341. The maximum absolute atomic E-state index is 10.2. The molecule has 0 aromatic heterocycles. The van der Waals surface area contributed by atoms with E-state index in [4.69, 9.17) is 0 Å². The molecule has 0 aliphatic heterocycles. The summed E-state index contributed by atoms with van der Waals surface area (Å²) in [6.07, 6.45) is 2.92. The zero-order valence-electron chi connectivity index (χ0n) is 8.54. The van der Waals surface area contributed by atoms with Crippen molar-refractivity contribution < 1.29 is 14.6 Å². The Morgan fingerprint density at radius 2 is 2.23 bits per heavy atom. The van der Waals surface area contributed by atoms with Gasteiger partial charge in [0.15, 0.2) is 0 Å². The number of esters is 1. The summed E-state index contributed by atoms with van der Waals surface area (Å²) in [5.74, 6) is -0.341. The van der Waals surface area contributed by atoms with Gasteiger partial charge < -0.3 is 4.74 Å². The van der Waals surface area contributed by atoms with Gasteiger partial charge in [-0.05, 0) is 12.8 Å². The van der Waals surface area contributed by atoms with Gasteiger partial charge in [-0.2, -0.15) is 0 Å². The van der Waals surface area contributed by atoms with Crippen molar-refractivity contribution in [2.24, 2.45) is 0 Å². The Morgan fingerprint density at radius 3 is 2.46 bits per heavy atom. The lowest BCUT2D eigenvalue weighted by Gasteiger charge is -1.94. The predicted molar refractivity (Wildman–Crippen MR) is 56.4 cm³/mol. The van der Waals surface area contributed by atoms with E-state index in [9.17, 15) is 9.90 Å². The van der Waals surface area contributed by atoms with Gasteiger partial charge in [0.2, 0.25) is 0 Å². The highest BCUT2D eigenvalue weighted by Gasteiger charge is 1.89. The van der Waals surface area contributed by atoms with E-state index < -0.39 is 0 Å². The molecule has 0 aromatic rings. The summed E-state index contributed by atoms with van der Waals surface area (Å²) in [6.45, 7) is 5.80. The van der Waals surface area contributed by atoms with Crippen molar-refractivity contribution in [1.82, 2.24) is 0 Å². The van der Waals surface area contributed by atoms with E-state index in [0.717, 1.165) is 18.9 Å². The van der Waals surface area contributed by atoms with Gasteiger partial charge in [-0.3, -0.25) is 0 Å². The van der Waals surface area contributed by atoms with E-state index in [1.54, 1.807) is 0 Å². The van der Waals surface area contributed by atoms with Gasteiger partial charge in [0.05, 0.1) is 13.2 Å². The van der Waals surface area contributed by atoms with E-state index in [0.29, 0.717) is 6.61 Å². The Bertz CT molecular complexity index is 124. The molecule has 0 saturated carbocycles. The first-order valence-electron chi connectivity index (χ1n) is 4.60. The lowest BCUT2D eigenvalue weighted by atomic mass is 10.5. The zero-order chi connectivity index (χ0) is 10.5. The van der Waals surface area contributed by atoms with Crippen LogP contribution < -0.4 is 0 Å². The summed E-state index contributed by atoms with van der Waals surface area (Å²) < 4.78 is 4.58. The first-order valence-corrected chi connectivity index (χ1v) is 6.01. The fraction of sp³-hybridized carbons (Fsp3) is 0.667. The van der Waals surface area contributed by atoms with Gasteiger partial charge in [0.1, 0.15) is 0 Å². The quantitative estimate of drug-likeness (QED) is 0.375. The third kappa shape index (κ3) is 18.4. The SMILES string of the molecule is C=CC(=O)OCCC.[O]CCC[SiH3]. The summed E-state index contributed by atoms with van der Waals surface area (Å²) in [4.78, 5) is 10.2. The summed E-state index contributed by atoms with van der Waals surface area (Å²) in [5.41, 5.74) is 0. The fourth-order valence-electron chi connectivity index (χ4n) is 0.406. The Balaban J connectivity index is 0. The minimum absolute atomic E-state index is 0.128. The van der Waals surface area contributed by atoms with Crippen LogP contribution in [0.3, 0.4) is 0 Å². The molecule has 0 unspecified atom stereocenters. The molecule has 0 rings (SSSR count). The predicted octanol–water partition coefficient (Wildman–Crippen LogP) is 0.716. The molecule has 0 N–H and O–H groups in total. The Labute approximate surface area is 83.2 Å². The third-order valence-corrected chi connectivity index (χ3v) is 1.82. The Kier molecular flexibility index (Phi) is 16.0. The molecule has 0 fully saturated rings. The molecular formula is C9H19O3Si. The summed E-state index contributed by atoms with van der Waals surface area (Å²) in [5, 5.41) is 9.55. The van der Waals surface area contributed by atoms with E-state index in [1.807, 2.05) is 6.92 Å². The van der Waals surface area contributed by atoms with Crippen LogP contribution in [0.4, 0.5) is 0 Å². The average molecular weight is 203 g/mol. The molecule has 0 spiro atoms. The topological polar surface area (TPSA) is 46.2 Å². The third-order valence-electron chi connectivity index (χ3n) is 1.11. The lowest BCUT2D eigenvalue weighted by Crippen LogP contribution is -1.99. The van der Waals surface area contributed by atoms with Crippen LogP contribution in [0.2, 0.25) is 6.04 Å². The maximum atomic E-state index is 10.2. The number of ether oxygens (including phenoxy) is 1. The van der Waals surface area contributed by atoms with Crippen LogP contribution in [-0.2, 0) is 14.6 Å². The van der Waals surface area contributed by atoms with Crippen LogP contribution in [0, 0.1) is 0 Å². The van der Waals surface area contributed by atoms with Gasteiger partial charge in [-0.1, -0.05) is 19.5 Å². The standard InChI is InChI=1S/C6H10O2.C3H9OSi/c1-3-5-8-6(7)4-2;4-2-1-3-5/h4H,2-3,5H2,1H3;1-3H2,5H3. The van der Waals surface area contributed by atoms with Crippen molar-refractivity contribution in [3.63, 3.8) is 0 Å². The number of rotatable bonds is 5. The molecule has 0 aromatic carbocycles. The maximum Gasteiger partial charge on any atom is 0.330 e. The molecule has 0 aliphatic carbocycles. The van der Waals surface area contributed by atoms with Crippen molar-refractivity contribution >= 4 is 16.2 Å². The van der Waals surface area contributed by atoms with Crippen molar-refractivity contribution in [3.8, 4) is 0 Å². The highest BCUT2D eigenvalue weighted by Crippen LogP contribution is 1.81. The van der Waals surface area contributed by atoms with E-state index in [1.165, 1.54) is 16.3 Å². The van der Waals surface area contributed by atoms with E-state index in [-0.39, 0.29) is 12.6 Å². The first kappa shape index (κ1) is 14.9. The van der Waals surface area contributed by atoms with Gasteiger partial charge >= 0.3 is 5.97 Å².